The minimum Gasteiger partial charge on any atom is -0.337 e. The minimum atomic E-state index is 0.0256. The van der Waals surface area contributed by atoms with Crippen LogP contribution in [-0.2, 0) is 0 Å². The highest BCUT2D eigenvalue weighted by atomic mass is 16.2. The number of carbonyl (C=O) groups is 1. The molecule has 0 radical (unpaired) electrons. The van der Waals surface area contributed by atoms with Gasteiger partial charge in [-0.25, -0.2) is 4.68 Å². The molecule has 1 amide bonds. The molecule has 0 aliphatic carbocycles. The second kappa shape index (κ2) is 5.09. The first-order valence-corrected chi connectivity index (χ1v) is 6.81. The lowest BCUT2D eigenvalue weighted by Gasteiger charge is -2.15. The Morgan fingerprint density at radius 3 is 2.75 bits per heavy atom. The number of aromatic nitrogens is 2. The monoisotopic (exact) mass is 270 g/mol. The Kier molecular flexibility index (Phi) is 3.28. The van der Waals surface area contributed by atoms with Crippen molar-refractivity contribution in [1.29, 1.82) is 0 Å². The minimum absolute atomic E-state index is 0.0256. The van der Waals surface area contributed by atoms with Gasteiger partial charge in [0.25, 0.3) is 5.91 Å². The average molecular weight is 270 g/mol. The van der Waals surface area contributed by atoms with Gasteiger partial charge in [0.05, 0.1) is 23.1 Å². The van der Waals surface area contributed by atoms with Crippen LogP contribution in [0.2, 0.25) is 0 Å². The van der Waals surface area contributed by atoms with Gasteiger partial charge in [-0.05, 0) is 25.5 Å². The van der Waals surface area contributed by atoms with Crippen LogP contribution in [0.4, 0.5) is 0 Å². The standard InChI is InChI=1S/C15H18N4O/c1-11-14(15(20)18-8-7-12(16)10-18)9-17-19(11)13-5-3-2-4-6-13/h2-6,9,12H,7-8,10,16H2,1H3/t12-/m1/s1. The third-order valence-electron chi connectivity index (χ3n) is 3.75. The fraction of sp³-hybridized carbons (Fsp3) is 0.333. The fourth-order valence-electron chi connectivity index (χ4n) is 2.59. The first-order chi connectivity index (χ1) is 9.66. The summed E-state index contributed by atoms with van der Waals surface area (Å²) in [5, 5.41) is 4.34. The summed E-state index contributed by atoms with van der Waals surface area (Å²) >= 11 is 0. The van der Waals surface area contributed by atoms with Crippen LogP contribution < -0.4 is 5.73 Å². The maximum atomic E-state index is 12.5. The number of amides is 1. The molecule has 1 aromatic heterocycles. The van der Waals surface area contributed by atoms with Crippen LogP contribution in [0.15, 0.2) is 36.5 Å². The van der Waals surface area contributed by atoms with E-state index in [-0.39, 0.29) is 11.9 Å². The van der Waals surface area contributed by atoms with Gasteiger partial charge in [-0.1, -0.05) is 18.2 Å². The highest BCUT2D eigenvalue weighted by Crippen LogP contribution is 2.18. The molecule has 2 aromatic rings. The highest BCUT2D eigenvalue weighted by Gasteiger charge is 2.27. The number of benzene rings is 1. The first-order valence-electron chi connectivity index (χ1n) is 6.81. The summed E-state index contributed by atoms with van der Waals surface area (Å²) in [7, 11) is 0. The molecule has 5 nitrogen and oxygen atoms in total. The molecule has 0 bridgehead atoms. The van der Waals surface area contributed by atoms with Crippen LogP contribution in [0.1, 0.15) is 22.5 Å². The van der Waals surface area contributed by atoms with E-state index in [0.29, 0.717) is 12.1 Å². The van der Waals surface area contributed by atoms with Crippen molar-refractivity contribution in [2.75, 3.05) is 13.1 Å². The molecule has 2 heterocycles. The second-order valence-corrected chi connectivity index (χ2v) is 5.19. The Morgan fingerprint density at radius 2 is 2.10 bits per heavy atom. The molecule has 1 saturated heterocycles. The highest BCUT2D eigenvalue weighted by molar-refractivity contribution is 5.95. The van der Waals surface area contributed by atoms with Crippen molar-refractivity contribution in [2.24, 2.45) is 5.73 Å². The molecule has 3 rings (SSSR count). The maximum absolute atomic E-state index is 12.5. The van der Waals surface area contributed by atoms with Crippen molar-refractivity contribution < 1.29 is 4.79 Å². The van der Waals surface area contributed by atoms with Gasteiger partial charge < -0.3 is 10.6 Å². The molecule has 1 atom stereocenters. The zero-order valence-electron chi connectivity index (χ0n) is 11.5. The van der Waals surface area contributed by atoms with Gasteiger partial charge >= 0.3 is 0 Å². The van der Waals surface area contributed by atoms with Gasteiger partial charge in [0.15, 0.2) is 0 Å². The zero-order chi connectivity index (χ0) is 14.1. The number of carbonyl (C=O) groups excluding carboxylic acids is 1. The van der Waals surface area contributed by atoms with Crippen LogP contribution in [-0.4, -0.2) is 39.7 Å². The lowest BCUT2D eigenvalue weighted by atomic mass is 10.2. The van der Waals surface area contributed by atoms with E-state index < -0.39 is 0 Å². The lowest BCUT2D eigenvalue weighted by molar-refractivity contribution is 0.0790. The van der Waals surface area contributed by atoms with Gasteiger partial charge in [-0.2, -0.15) is 5.10 Å². The van der Waals surface area contributed by atoms with E-state index in [1.54, 1.807) is 10.9 Å². The summed E-state index contributed by atoms with van der Waals surface area (Å²) in [6.07, 6.45) is 2.52. The van der Waals surface area contributed by atoms with Crippen molar-refractivity contribution >= 4 is 5.91 Å². The van der Waals surface area contributed by atoms with E-state index >= 15 is 0 Å². The summed E-state index contributed by atoms with van der Waals surface area (Å²) in [4.78, 5) is 14.3. The summed E-state index contributed by atoms with van der Waals surface area (Å²) in [6, 6.07) is 9.91. The topological polar surface area (TPSA) is 64.2 Å². The molecular weight excluding hydrogens is 252 g/mol. The Hall–Kier alpha value is -2.14. The average Bonchev–Trinajstić information content (AvgIpc) is 3.05. The predicted octanol–water partition coefficient (Wildman–Crippen LogP) is 1.35. The third-order valence-corrected chi connectivity index (χ3v) is 3.75. The second-order valence-electron chi connectivity index (χ2n) is 5.19. The van der Waals surface area contributed by atoms with Crippen molar-refractivity contribution in [2.45, 2.75) is 19.4 Å². The molecule has 0 unspecified atom stereocenters. The normalized spacial score (nSPS) is 18.5. The van der Waals surface area contributed by atoms with Crippen LogP contribution in [0.5, 0.6) is 0 Å². The Bertz CT molecular complexity index is 620. The zero-order valence-corrected chi connectivity index (χ0v) is 11.5. The number of nitrogens with zero attached hydrogens (tertiary/aromatic N) is 3. The van der Waals surface area contributed by atoms with Crippen LogP contribution in [0.25, 0.3) is 5.69 Å². The smallest absolute Gasteiger partial charge is 0.257 e. The molecule has 1 fully saturated rings. The maximum Gasteiger partial charge on any atom is 0.257 e. The predicted molar refractivity (Wildman–Crippen MR) is 76.8 cm³/mol. The van der Waals surface area contributed by atoms with Crippen molar-refractivity contribution in [1.82, 2.24) is 14.7 Å². The van der Waals surface area contributed by atoms with Gasteiger partial charge in [0, 0.05) is 19.1 Å². The molecule has 104 valence electrons. The molecular formula is C15H18N4O. The Morgan fingerprint density at radius 1 is 1.35 bits per heavy atom. The van der Waals surface area contributed by atoms with E-state index in [9.17, 15) is 4.79 Å². The molecule has 5 heteroatoms. The van der Waals surface area contributed by atoms with Crippen molar-refractivity contribution in [3.05, 3.63) is 47.8 Å². The van der Waals surface area contributed by atoms with Crippen LogP contribution in [0, 0.1) is 6.92 Å². The van der Waals surface area contributed by atoms with E-state index in [4.69, 9.17) is 5.73 Å². The van der Waals surface area contributed by atoms with E-state index in [2.05, 4.69) is 5.10 Å². The SMILES string of the molecule is Cc1c(C(=O)N2CC[C@@H](N)C2)cnn1-c1ccccc1. The molecule has 1 aliphatic rings. The number of likely N-dealkylation sites (tertiary alicyclic amines) is 1. The summed E-state index contributed by atoms with van der Waals surface area (Å²) in [6.45, 7) is 3.29. The summed E-state index contributed by atoms with van der Waals surface area (Å²) in [5.74, 6) is 0.0256. The van der Waals surface area contributed by atoms with Gasteiger partial charge in [-0.15, -0.1) is 0 Å². The Labute approximate surface area is 118 Å². The molecule has 20 heavy (non-hydrogen) atoms. The van der Waals surface area contributed by atoms with Gasteiger partial charge in [0.1, 0.15) is 0 Å². The first kappa shape index (κ1) is 12.9. The summed E-state index contributed by atoms with van der Waals surface area (Å²) < 4.78 is 1.79. The number of hydrogen-bond acceptors (Lipinski definition) is 3. The number of hydrogen-bond donors (Lipinski definition) is 1. The number of rotatable bonds is 2. The molecule has 2 N–H and O–H groups in total. The van der Waals surface area contributed by atoms with Crippen LogP contribution in [0.3, 0.4) is 0 Å². The fourth-order valence-corrected chi connectivity index (χ4v) is 2.59. The van der Waals surface area contributed by atoms with E-state index in [0.717, 1.165) is 24.3 Å². The summed E-state index contributed by atoms with van der Waals surface area (Å²) in [5.41, 5.74) is 8.34. The van der Waals surface area contributed by atoms with E-state index in [1.807, 2.05) is 42.2 Å². The number of nitrogens with two attached hydrogens (primary N) is 1. The largest absolute Gasteiger partial charge is 0.337 e. The third kappa shape index (κ3) is 2.20. The van der Waals surface area contributed by atoms with E-state index in [1.165, 1.54) is 0 Å². The van der Waals surface area contributed by atoms with Gasteiger partial charge in [-0.3, -0.25) is 4.79 Å². The number of para-hydroxylation sites is 1. The molecule has 0 saturated carbocycles. The Balaban J connectivity index is 1.89. The van der Waals surface area contributed by atoms with Gasteiger partial charge in [0.2, 0.25) is 0 Å². The van der Waals surface area contributed by atoms with Crippen molar-refractivity contribution in [3.63, 3.8) is 0 Å². The quantitative estimate of drug-likeness (QED) is 0.896. The van der Waals surface area contributed by atoms with Crippen LogP contribution >= 0.6 is 0 Å². The van der Waals surface area contributed by atoms with Crippen molar-refractivity contribution in [3.8, 4) is 5.69 Å². The lowest BCUT2D eigenvalue weighted by Crippen LogP contribution is -2.32. The molecule has 1 aliphatic heterocycles. The molecule has 0 spiro atoms. The molecule has 1 aromatic carbocycles.